The first-order valence-electron chi connectivity index (χ1n) is 3.69. The van der Waals surface area contributed by atoms with E-state index in [2.05, 4.69) is 14.7 Å². The summed E-state index contributed by atoms with van der Waals surface area (Å²) in [5, 5.41) is 3.33. The number of halogens is 2. The van der Waals surface area contributed by atoms with Crippen molar-refractivity contribution in [2.45, 2.75) is 0 Å². The minimum Gasteiger partial charge on any atom is -0.394 e. The Bertz CT molecular complexity index is 449. The molecule has 0 aliphatic carbocycles. The second-order valence-corrected chi connectivity index (χ2v) is 2.59. The lowest BCUT2D eigenvalue weighted by Crippen LogP contribution is -1.93. The van der Waals surface area contributed by atoms with Crippen LogP contribution in [0.15, 0.2) is 23.1 Å². The van der Waals surface area contributed by atoms with E-state index in [-0.39, 0.29) is 17.0 Å². The van der Waals surface area contributed by atoms with E-state index >= 15 is 0 Å². The van der Waals surface area contributed by atoms with Crippen molar-refractivity contribution in [3.8, 4) is 11.3 Å². The maximum Gasteiger partial charge on any atom is 0.195 e. The molecule has 2 aromatic rings. The molecule has 2 rings (SSSR count). The first kappa shape index (κ1) is 8.61. The van der Waals surface area contributed by atoms with Crippen molar-refractivity contribution in [2.24, 2.45) is 0 Å². The SMILES string of the molecule is Nc1cnoc1-c1c(F)cncc1F. The highest BCUT2D eigenvalue weighted by atomic mass is 19.1. The summed E-state index contributed by atoms with van der Waals surface area (Å²) in [6.07, 6.45) is 2.93. The lowest BCUT2D eigenvalue weighted by atomic mass is 10.2. The Kier molecular flexibility index (Phi) is 1.88. The Morgan fingerprint density at radius 3 is 2.29 bits per heavy atom. The predicted molar refractivity (Wildman–Crippen MR) is 44.1 cm³/mol. The highest BCUT2D eigenvalue weighted by Crippen LogP contribution is 2.29. The largest absolute Gasteiger partial charge is 0.394 e. The zero-order valence-electron chi connectivity index (χ0n) is 6.87. The Hall–Kier alpha value is -1.98. The fourth-order valence-electron chi connectivity index (χ4n) is 1.07. The maximum absolute atomic E-state index is 13.1. The molecule has 0 aliphatic rings. The van der Waals surface area contributed by atoms with Gasteiger partial charge in [-0.05, 0) is 0 Å². The van der Waals surface area contributed by atoms with Crippen LogP contribution >= 0.6 is 0 Å². The van der Waals surface area contributed by atoms with Gasteiger partial charge >= 0.3 is 0 Å². The van der Waals surface area contributed by atoms with Gasteiger partial charge in [-0.2, -0.15) is 0 Å². The van der Waals surface area contributed by atoms with Crippen LogP contribution in [0.2, 0.25) is 0 Å². The van der Waals surface area contributed by atoms with Gasteiger partial charge in [-0.15, -0.1) is 0 Å². The molecule has 0 radical (unpaired) electrons. The molecular formula is C8H5F2N3O. The third kappa shape index (κ3) is 1.20. The number of pyridine rings is 1. The van der Waals surface area contributed by atoms with Crippen LogP contribution in [0.25, 0.3) is 11.3 Å². The van der Waals surface area contributed by atoms with Crippen LogP contribution in [0.5, 0.6) is 0 Å². The van der Waals surface area contributed by atoms with E-state index in [1.807, 2.05) is 0 Å². The Labute approximate surface area is 77.3 Å². The first-order chi connectivity index (χ1) is 6.70. The van der Waals surface area contributed by atoms with Gasteiger partial charge in [-0.25, -0.2) is 8.78 Å². The number of nitrogens with two attached hydrogens (primary N) is 1. The molecule has 0 bridgehead atoms. The van der Waals surface area contributed by atoms with Crippen LogP contribution in [0.4, 0.5) is 14.5 Å². The van der Waals surface area contributed by atoms with Gasteiger partial charge in [0.05, 0.1) is 24.2 Å². The van der Waals surface area contributed by atoms with Crippen LogP contribution < -0.4 is 5.73 Å². The summed E-state index contributed by atoms with van der Waals surface area (Å²) in [5.41, 5.74) is 5.13. The molecule has 0 saturated carbocycles. The van der Waals surface area contributed by atoms with E-state index in [4.69, 9.17) is 5.73 Å². The third-order valence-corrected chi connectivity index (χ3v) is 1.68. The molecular weight excluding hydrogens is 192 g/mol. The molecule has 2 heterocycles. The van der Waals surface area contributed by atoms with Crippen molar-refractivity contribution in [1.82, 2.24) is 10.1 Å². The highest BCUT2D eigenvalue weighted by Gasteiger charge is 2.18. The van der Waals surface area contributed by atoms with Gasteiger partial charge in [0.25, 0.3) is 0 Å². The minimum absolute atomic E-state index is 0.0778. The van der Waals surface area contributed by atoms with Gasteiger partial charge in [0.15, 0.2) is 17.4 Å². The standard InChI is InChI=1S/C8H5F2N3O/c9-4-1-12-2-5(10)7(4)8-6(11)3-13-14-8/h1-3H,11H2. The zero-order valence-corrected chi connectivity index (χ0v) is 6.87. The molecule has 0 amide bonds. The molecule has 0 saturated heterocycles. The van der Waals surface area contributed by atoms with Crippen LogP contribution in [0.3, 0.4) is 0 Å². The zero-order chi connectivity index (χ0) is 10.1. The summed E-state index contributed by atoms with van der Waals surface area (Å²) < 4.78 is 30.9. The third-order valence-electron chi connectivity index (χ3n) is 1.68. The topological polar surface area (TPSA) is 64.9 Å². The molecule has 0 fully saturated rings. The summed E-state index contributed by atoms with van der Waals surface area (Å²) >= 11 is 0. The number of hydrogen-bond donors (Lipinski definition) is 1. The maximum atomic E-state index is 13.1. The van der Waals surface area contributed by atoms with Crippen molar-refractivity contribution in [1.29, 1.82) is 0 Å². The fraction of sp³-hybridized carbons (Fsp3) is 0. The number of aromatic nitrogens is 2. The molecule has 2 N–H and O–H groups in total. The molecule has 0 atom stereocenters. The molecule has 4 nitrogen and oxygen atoms in total. The second kappa shape index (κ2) is 3.06. The normalized spacial score (nSPS) is 10.4. The average Bonchev–Trinajstić information content (AvgIpc) is 2.52. The van der Waals surface area contributed by atoms with Gasteiger partial charge in [0.2, 0.25) is 0 Å². The summed E-state index contributed by atoms with van der Waals surface area (Å²) in [6.45, 7) is 0. The Morgan fingerprint density at radius 2 is 1.79 bits per heavy atom. The molecule has 2 aromatic heterocycles. The lowest BCUT2D eigenvalue weighted by Gasteiger charge is -1.99. The number of hydrogen-bond acceptors (Lipinski definition) is 4. The van der Waals surface area contributed by atoms with E-state index in [0.29, 0.717) is 0 Å². The van der Waals surface area contributed by atoms with Crippen LogP contribution in [0.1, 0.15) is 0 Å². The Balaban J connectivity index is 2.68. The minimum atomic E-state index is -0.839. The molecule has 6 heteroatoms. The van der Waals surface area contributed by atoms with Gasteiger partial charge in [-0.3, -0.25) is 4.98 Å². The van der Waals surface area contributed by atoms with Crippen molar-refractivity contribution in [2.75, 3.05) is 5.73 Å². The van der Waals surface area contributed by atoms with Crippen molar-refractivity contribution < 1.29 is 13.3 Å². The summed E-state index contributed by atoms with van der Waals surface area (Å²) in [6, 6.07) is 0. The molecule has 0 spiro atoms. The van der Waals surface area contributed by atoms with Gasteiger partial charge < -0.3 is 10.3 Å². The van der Waals surface area contributed by atoms with E-state index < -0.39 is 11.6 Å². The van der Waals surface area contributed by atoms with Crippen LogP contribution in [-0.4, -0.2) is 10.1 Å². The number of anilines is 1. The number of nitrogen functional groups attached to an aromatic ring is 1. The molecule has 0 aliphatic heterocycles. The lowest BCUT2D eigenvalue weighted by molar-refractivity contribution is 0.426. The van der Waals surface area contributed by atoms with Gasteiger partial charge in [0, 0.05) is 0 Å². The van der Waals surface area contributed by atoms with Crippen LogP contribution in [0, 0.1) is 11.6 Å². The van der Waals surface area contributed by atoms with Crippen molar-refractivity contribution in [3.63, 3.8) is 0 Å². The molecule has 0 unspecified atom stereocenters. The van der Waals surface area contributed by atoms with Crippen LogP contribution in [-0.2, 0) is 0 Å². The molecule has 14 heavy (non-hydrogen) atoms. The Morgan fingerprint density at radius 1 is 1.14 bits per heavy atom. The van der Waals surface area contributed by atoms with E-state index in [9.17, 15) is 8.78 Å². The number of rotatable bonds is 1. The molecule has 72 valence electrons. The summed E-state index contributed by atoms with van der Waals surface area (Å²) in [4.78, 5) is 3.33. The predicted octanol–water partition coefficient (Wildman–Crippen LogP) is 1.60. The first-order valence-corrected chi connectivity index (χ1v) is 3.69. The van der Waals surface area contributed by atoms with E-state index in [1.54, 1.807) is 0 Å². The van der Waals surface area contributed by atoms with Crippen molar-refractivity contribution in [3.05, 3.63) is 30.2 Å². The van der Waals surface area contributed by atoms with Gasteiger partial charge in [-0.1, -0.05) is 5.16 Å². The number of nitrogens with zero attached hydrogens (tertiary/aromatic N) is 2. The monoisotopic (exact) mass is 197 g/mol. The van der Waals surface area contributed by atoms with E-state index in [1.165, 1.54) is 6.20 Å². The van der Waals surface area contributed by atoms with E-state index in [0.717, 1.165) is 12.4 Å². The quantitative estimate of drug-likeness (QED) is 0.753. The smallest absolute Gasteiger partial charge is 0.195 e. The summed E-state index contributed by atoms with van der Waals surface area (Å²) in [5.74, 6) is -1.80. The average molecular weight is 197 g/mol. The van der Waals surface area contributed by atoms with Gasteiger partial charge in [0.1, 0.15) is 5.69 Å². The highest BCUT2D eigenvalue weighted by molar-refractivity contribution is 5.70. The fourth-order valence-corrected chi connectivity index (χ4v) is 1.07. The molecule has 0 aromatic carbocycles. The summed E-state index contributed by atoms with van der Waals surface area (Å²) in [7, 11) is 0. The second-order valence-electron chi connectivity index (χ2n) is 2.59. The van der Waals surface area contributed by atoms with Crippen molar-refractivity contribution >= 4 is 5.69 Å².